The number of hydrogen-bond donors (Lipinski definition) is 0. The van der Waals surface area contributed by atoms with Gasteiger partial charge in [0.15, 0.2) is 0 Å². The van der Waals surface area contributed by atoms with Crippen molar-refractivity contribution in [3.8, 4) is 0 Å². The molecule has 0 aliphatic rings. The van der Waals surface area contributed by atoms with E-state index in [9.17, 15) is 4.79 Å². The number of rotatable bonds is 5. The maximum Gasteiger partial charge on any atom is 0.225 e. The summed E-state index contributed by atoms with van der Waals surface area (Å²) in [5.41, 5.74) is 1.20. The molecule has 1 amide bonds. The first-order valence-corrected chi connectivity index (χ1v) is 6.40. The van der Waals surface area contributed by atoms with Gasteiger partial charge in [0.1, 0.15) is 0 Å². The molecule has 0 aromatic heterocycles. The Bertz CT molecular complexity index is 345. The Labute approximate surface area is 105 Å². The van der Waals surface area contributed by atoms with Crippen LogP contribution in [-0.4, -0.2) is 16.8 Å². The van der Waals surface area contributed by atoms with E-state index in [1.165, 1.54) is 5.56 Å². The van der Waals surface area contributed by atoms with Gasteiger partial charge in [-0.25, -0.2) is 0 Å². The molecule has 0 fully saturated rings. The van der Waals surface area contributed by atoms with Crippen molar-refractivity contribution in [2.75, 3.05) is 0 Å². The van der Waals surface area contributed by atoms with Crippen LogP contribution in [0.5, 0.6) is 0 Å². The van der Waals surface area contributed by atoms with Crippen LogP contribution in [0.1, 0.15) is 39.7 Å². The Balaban J connectivity index is 2.81. The lowest BCUT2D eigenvalue weighted by Gasteiger charge is -2.30. The molecule has 2 nitrogen and oxygen atoms in total. The van der Waals surface area contributed by atoms with Gasteiger partial charge in [-0.1, -0.05) is 51.1 Å². The summed E-state index contributed by atoms with van der Waals surface area (Å²) in [6, 6.07) is 10.5. The fraction of sp³-hybridized carbons (Fsp3) is 0.533. The van der Waals surface area contributed by atoms with Crippen molar-refractivity contribution in [3.05, 3.63) is 35.9 Å². The van der Waals surface area contributed by atoms with Gasteiger partial charge in [-0.3, -0.25) is 4.79 Å². The highest BCUT2D eigenvalue weighted by Gasteiger charge is 2.21. The van der Waals surface area contributed by atoms with Crippen molar-refractivity contribution < 1.29 is 4.79 Å². The van der Waals surface area contributed by atoms with Crippen molar-refractivity contribution in [1.82, 2.24) is 4.90 Å². The third-order valence-corrected chi connectivity index (χ3v) is 3.10. The van der Waals surface area contributed by atoms with Gasteiger partial charge in [0.2, 0.25) is 5.91 Å². The summed E-state index contributed by atoms with van der Waals surface area (Å²) >= 11 is 0. The largest absolute Gasteiger partial charge is 0.335 e. The Morgan fingerprint density at radius 3 is 2.24 bits per heavy atom. The highest BCUT2D eigenvalue weighted by molar-refractivity contribution is 5.78. The van der Waals surface area contributed by atoms with Crippen LogP contribution in [0.3, 0.4) is 0 Å². The minimum absolute atomic E-state index is 0.0627. The first-order chi connectivity index (χ1) is 8.06. The Morgan fingerprint density at radius 2 is 1.76 bits per heavy atom. The highest BCUT2D eigenvalue weighted by Crippen LogP contribution is 2.14. The molecule has 0 bridgehead atoms. The van der Waals surface area contributed by atoms with Crippen LogP contribution in [0.25, 0.3) is 0 Å². The summed E-state index contributed by atoms with van der Waals surface area (Å²) in [5, 5.41) is 0. The van der Waals surface area contributed by atoms with Gasteiger partial charge in [-0.2, -0.15) is 0 Å². The maximum atomic E-state index is 12.2. The average molecular weight is 233 g/mol. The third kappa shape index (κ3) is 3.88. The normalized spacial score (nSPS) is 12.5. The molecule has 0 aliphatic carbocycles. The van der Waals surface area contributed by atoms with Gasteiger partial charge in [-0.05, 0) is 18.9 Å². The molecular weight excluding hydrogens is 210 g/mol. The lowest BCUT2D eigenvalue weighted by Crippen LogP contribution is -2.40. The van der Waals surface area contributed by atoms with E-state index in [1.807, 2.05) is 36.9 Å². The molecule has 94 valence electrons. The van der Waals surface area contributed by atoms with Crippen LogP contribution in [-0.2, 0) is 11.3 Å². The minimum atomic E-state index is 0.0627. The highest BCUT2D eigenvalue weighted by atomic mass is 16.2. The number of hydrogen-bond acceptors (Lipinski definition) is 1. The molecule has 1 unspecified atom stereocenters. The summed E-state index contributed by atoms with van der Waals surface area (Å²) in [5.74, 6) is 0.302. The fourth-order valence-electron chi connectivity index (χ4n) is 1.78. The Morgan fingerprint density at radius 1 is 1.18 bits per heavy atom. The van der Waals surface area contributed by atoms with Gasteiger partial charge < -0.3 is 4.90 Å². The topological polar surface area (TPSA) is 20.3 Å². The van der Waals surface area contributed by atoms with Crippen LogP contribution < -0.4 is 0 Å². The smallest absolute Gasteiger partial charge is 0.225 e. The second kappa shape index (κ2) is 6.43. The molecular formula is C15H23NO. The monoisotopic (exact) mass is 233 g/mol. The van der Waals surface area contributed by atoms with Gasteiger partial charge in [0.25, 0.3) is 0 Å². The van der Waals surface area contributed by atoms with Crippen LogP contribution in [0.2, 0.25) is 0 Å². The zero-order chi connectivity index (χ0) is 12.8. The van der Waals surface area contributed by atoms with Gasteiger partial charge in [-0.15, -0.1) is 0 Å². The van der Waals surface area contributed by atoms with Crippen molar-refractivity contribution in [1.29, 1.82) is 0 Å². The van der Waals surface area contributed by atoms with E-state index >= 15 is 0 Å². The van der Waals surface area contributed by atoms with Gasteiger partial charge in [0.05, 0.1) is 0 Å². The molecule has 1 aromatic carbocycles. The summed E-state index contributed by atoms with van der Waals surface area (Å²) in [6.07, 6.45) is 0.991. The molecule has 0 aliphatic heterocycles. The first kappa shape index (κ1) is 13.8. The number of benzene rings is 1. The predicted molar refractivity (Wildman–Crippen MR) is 71.6 cm³/mol. The van der Waals surface area contributed by atoms with E-state index in [4.69, 9.17) is 0 Å². The number of carbonyl (C=O) groups excluding carboxylic acids is 1. The molecule has 1 atom stereocenters. The van der Waals surface area contributed by atoms with Crippen molar-refractivity contribution in [3.63, 3.8) is 0 Å². The second-order valence-electron chi connectivity index (χ2n) is 4.86. The van der Waals surface area contributed by atoms with Crippen LogP contribution in [0.15, 0.2) is 30.3 Å². The van der Waals surface area contributed by atoms with E-state index in [-0.39, 0.29) is 11.8 Å². The molecule has 0 saturated carbocycles. The summed E-state index contributed by atoms with van der Waals surface area (Å²) in [6.45, 7) is 8.87. The van der Waals surface area contributed by atoms with E-state index in [0.717, 1.165) is 6.42 Å². The zero-order valence-electron chi connectivity index (χ0n) is 11.3. The number of amides is 1. The van der Waals surface area contributed by atoms with Gasteiger partial charge in [0, 0.05) is 18.5 Å². The lowest BCUT2D eigenvalue weighted by atomic mass is 10.1. The molecule has 0 radical (unpaired) electrons. The quantitative estimate of drug-likeness (QED) is 0.762. The van der Waals surface area contributed by atoms with Crippen molar-refractivity contribution in [2.45, 2.75) is 46.7 Å². The molecule has 0 spiro atoms. The molecule has 17 heavy (non-hydrogen) atoms. The molecule has 0 N–H and O–H groups in total. The lowest BCUT2D eigenvalue weighted by molar-refractivity contribution is -0.137. The SMILES string of the molecule is CCC(C)N(Cc1ccccc1)C(=O)C(C)C. The predicted octanol–water partition coefficient (Wildman–Crippen LogP) is 3.47. The molecule has 2 heteroatoms. The van der Waals surface area contributed by atoms with E-state index in [0.29, 0.717) is 12.6 Å². The average Bonchev–Trinajstić information content (AvgIpc) is 2.35. The van der Waals surface area contributed by atoms with Crippen LogP contribution in [0.4, 0.5) is 0 Å². The molecule has 0 heterocycles. The first-order valence-electron chi connectivity index (χ1n) is 6.40. The van der Waals surface area contributed by atoms with Crippen LogP contribution >= 0.6 is 0 Å². The number of carbonyl (C=O) groups is 1. The Kier molecular flexibility index (Phi) is 5.20. The van der Waals surface area contributed by atoms with Crippen LogP contribution in [0, 0.1) is 5.92 Å². The van der Waals surface area contributed by atoms with E-state index in [2.05, 4.69) is 26.0 Å². The molecule has 1 aromatic rings. The summed E-state index contributed by atoms with van der Waals surface area (Å²) < 4.78 is 0. The fourth-order valence-corrected chi connectivity index (χ4v) is 1.78. The van der Waals surface area contributed by atoms with Crippen molar-refractivity contribution in [2.24, 2.45) is 5.92 Å². The maximum absolute atomic E-state index is 12.2. The number of nitrogens with zero attached hydrogens (tertiary/aromatic N) is 1. The Hall–Kier alpha value is -1.31. The molecule has 0 saturated heterocycles. The van der Waals surface area contributed by atoms with Crippen molar-refractivity contribution >= 4 is 5.91 Å². The third-order valence-electron chi connectivity index (χ3n) is 3.10. The minimum Gasteiger partial charge on any atom is -0.335 e. The van der Waals surface area contributed by atoms with E-state index in [1.54, 1.807) is 0 Å². The second-order valence-corrected chi connectivity index (χ2v) is 4.86. The summed E-state index contributed by atoms with van der Waals surface area (Å²) in [7, 11) is 0. The van der Waals surface area contributed by atoms with Gasteiger partial charge >= 0.3 is 0 Å². The van der Waals surface area contributed by atoms with E-state index < -0.39 is 0 Å². The summed E-state index contributed by atoms with van der Waals surface area (Å²) in [4.78, 5) is 14.2. The molecule has 1 rings (SSSR count). The zero-order valence-corrected chi connectivity index (χ0v) is 11.3. The standard InChI is InChI=1S/C15H23NO/c1-5-13(4)16(15(17)12(2)3)11-14-9-7-6-8-10-14/h6-10,12-13H,5,11H2,1-4H3.